The fourth-order valence-electron chi connectivity index (χ4n) is 2.67. The van der Waals surface area contributed by atoms with Crippen LogP contribution in [0.2, 0.25) is 0 Å². The number of hydrogen-bond donors (Lipinski definition) is 0. The van der Waals surface area contributed by atoms with Gasteiger partial charge in [-0.2, -0.15) is 5.26 Å². The number of anilines is 1. The zero-order valence-electron chi connectivity index (χ0n) is 13.4. The molecule has 1 saturated heterocycles. The first-order valence-corrected chi connectivity index (χ1v) is 7.57. The summed E-state index contributed by atoms with van der Waals surface area (Å²) in [4.78, 5) is 16.2. The van der Waals surface area contributed by atoms with Gasteiger partial charge >= 0.3 is 0 Å². The van der Waals surface area contributed by atoms with Crippen molar-refractivity contribution in [2.45, 2.75) is 27.2 Å². The van der Waals surface area contributed by atoms with Crippen LogP contribution in [0.5, 0.6) is 0 Å². The van der Waals surface area contributed by atoms with Gasteiger partial charge in [-0.3, -0.25) is 4.79 Å². The summed E-state index contributed by atoms with van der Waals surface area (Å²) in [5.41, 5.74) is 0.430. The number of carbonyl (C=O) groups excluding carboxylic acids is 1. The molecule has 118 valence electrons. The second-order valence-corrected chi connectivity index (χ2v) is 6.66. The van der Waals surface area contributed by atoms with E-state index in [1.807, 2.05) is 36.6 Å². The van der Waals surface area contributed by atoms with Gasteiger partial charge in [-0.15, -0.1) is 0 Å². The minimum absolute atomic E-state index is 0.134. The van der Waals surface area contributed by atoms with Crippen LogP contribution < -0.4 is 4.90 Å². The van der Waals surface area contributed by atoms with Crippen LogP contribution in [-0.4, -0.2) is 37.0 Å². The van der Waals surface area contributed by atoms with Crippen LogP contribution >= 0.6 is 0 Å². The maximum Gasteiger partial charge on any atom is 0.228 e. The molecular weight excluding hydrogens is 281 g/mol. The molecule has 1 aromatic carbocycles. The number of rotatable bonds is 1. The molecule has 4 nitrogen and oxygen atoms in total. The van der Waals surface area contributed by atoms with Crippen molar-refractivity contribution in [1.29, 1.82) is 5.26 Å². The Morgan fingerprint density at radius 1 is 1.23 bits per heavy atom. The molecule has 1 amide bonds. The van der Waals surface area contributed by atoms with Crippen LogP contribution in [0.25, 0.3) is 0 Å². The first-order valence-electron chi connectivity index (χ1n) is 7.57. The van der Waals surface area contributed by atoms with E-state index in [4.69, 9.17) is 5.26 Å². The Hall–Kier alpha value is -2.09. The molecule has 22 heavy (non-hydrogen) atoms. The van der Waals surface area contributed by atoms with E-state index >= 15 is 0 Å². The molecule has 1 heterocycles. The lowest BCUT2D eigenvalue weighted by atomic mass is 9.94. The third-order valence-corrected chi connectivity index (χ3v) is 3.84. The van der Waals surface area contributed by atoms with Crippen molar-refractivity contribution >= 4 is 11.6 Å². The van der Waals surface area contributed by atoms with Crippen molar-refractivity contribution in [2.75, 3.05) is 31.1 Å². The number of nitrogens with zero attached hydrogens (tertiary/aromatic N) is 3. The molecule has 0 radical (unpaired) electrons. The molecule has 0 unspecified atom stereocenters. The second kappa shape index (κ2) is 6.35. The van der Waals surface area contributed by atoms with Gasteiger partial charge in [-0.05, 0) is 24.6 Å². The fraction of sp³-hybridized carbons (Fsp3) is 0.529. The van der Waals surface area contributed by atoms with E-state index in [2.05, 4.69) is 0 Å². The standard InChI is InChI=1S/C17H22FN3O/c1-17(2,3)16(22)21-8-4-7-20(9-10-21)15-6-5-13(12-19)11-14(15)18/h5-6,11H,4,7-10H2,1-3H3. The predicted molar refractivity (Wildman–Crippen MR) is 84.0 cm³/mol. The molecule has 1 aromatic rings. The highest BCUT2D eigenvalue weighted by Crippen LogP contribution is 2.23. The second-order valence-electron chi connectivity index (χ2n) is 6.66. The van der Waals surface area contributed by atoms with Gasteiger partial charge in [0.05, 0.1) is 17.3 Å². The van der Waals surface area contributed by atoms with Crippen LogP contribution in [0.4, 0.5) is 10.1 Å². The van der Waals surface area contributed by atoms with Crippen LogP contribution in [0.1, 0.15) is 32.8 Å². The lowest BCUT2D eigenvalue weighted by molar-refractivity contribution is -0.139. The molecule has 1 aliphatic heterocycles. The molecule has 0 aromatic heterocycles. The van der Waals surface area contributed by atoms with E-state index in [9.17, 15) is 9.18 Å². The van der Waals surface area contributed by atoms with Gasteiger partial charge in [0.25, 0.3) is 0 Å². The minimum Gasteiger partial charge on any atom is -0.367 e. The molecule has 0 bridgehead atoms. The predicted octanol–water partition coefficient (Wildman–Crippen LogP) is 2.78. The minimum atomic E-state index is -0.394. The lowest BCUT2D eigenvalue weighted by Crippen LogP contribution is -2.41. The number of nitriles is 1. The van der Waals surface area contributed by atoms with Crippen LogP contribution in [-0.2, 0) is 4.79 Å². The van der Waals surface area contributed by atoms with Crippen molar-refractivity contribution in [1.82, 2.24) is 4.90 Å². The highest BCUT2D eigenvalue weighted by atomic mass is 19.1. The van der Waals surface area contributed by atoms with Crippen molar-refractivity contribution in [3.63, 3.8) is 0 Å². The highest BCUT2D eigenvalue weighted by molar-refractivity contribution is 5.81. The Morgan fingerprint density at radius 2 is 1.95 bits per heavy atom. The molecule has 0 saturated carbocycles. The zero-order chi connectivity index (χ0) is 16.3. The summed E-state index contributed by atoms with van der Waals surface area (Å²) in [6, 6.07) is 6.47. The van der Waals surface area contributed by atoms with Gasteiger partial charge < -0.3 is 9.80 Å². The summed E-state index contributed by atoms with van der Waals surface area (Å²) in [6.07, 6.45) is 0.807. The monoisotopic (exact) mass is 303 g/mol. The van der Waals surface area contributed by atoms with Crippen molar-refractivity contribution in [3.8, 4) is 6.07 Å². The lowest BCUT2D eigenvalue weighted by Gasteiger charge is -2.28. The first kappa shape index (κ1) is 16.3. The van der Waals surface area contributed by atoms with Gasteiger partial charge in [-0.1, -0.05) is 20.8 Å². The summed E-state index contributed by atoms with van der Waals surface area (Å²) in [7, 11) is 0. The Labute approximate surface area is 131 Å². The Kier molecular flexibility index (Phi) is 4.70. The van der Waals surface area contributed by atoms with Gasteiger partial charge in [0.15, 0.2) is 0 Å². The third kappa shape index (κ3) is 3.56. The molecule has 0 spiro atoms. The molecule has 1 aliphatic rings. The average Bonchev–Trinajstić information content (AvgIpc) is 2.71. The van der Waals surface area contributed by atoms with Crippen LogP contribution in [0.15, 0.2) is 18.2 Å². The third-order valence-electron chi connectivity index (χ3n) is 3.84. The molecule has 2 rings (SSSR count). The number of benzene rings is 1. The Morgan fingerprint density at radius 3 is 2.55 bits per heavy atom. The van der Waals surface area contributed by atoms with Crippen LogP contribution in [0, 0.1) is 22.6 Å². The molecule has 0 aliphatic carbocycles. The zero-order valence-corrected chi connectivity index (χ0v) is 13.4. The number of halogens is 1. The number of hydrogen-bond acceptors (Lipinski definition) is 3. The smallest absolute Gasteiger partial charge is 0.228 e. The summed E-state index contributed by atoms with van der Waals surface area (Å²) in [5.74, 6) is -0.246. The first-order chi connectivity index (χ1) is 10.3. The van der Waals surface area contributed by atoms with E-state index in [1.54, 1.807) is 12.1 Å². The van der Waals surface area contributed by atoms with Crippen molar-refractivity contribution in [2.24, 2.45) is 5.41 Å². The maximum absolute atomic E-state index is 14.1. The van der Waals surface area contributed by atoms with E-state index in [-0.39, 0.29) is 11.7 Å². The van der Waals surface area contributed by atoms with Gasteiger partial charge in [0, 0.05) is 31.6 Å². The Bertz CT molecular complexity index is 601. The molecule has 0 atom stereocenters. The summed E-state index contributed by atoms with van der Waals surface area (Å²) >= 11 is 0. The topological polar surface area (TPSA) is 47.3 Å². The quantitative estimate of drug-likeness (QED) is 0.801. The van der Waals surface area contributed by atoms with E-state index in [0.29, 0.717) is 37.4 Å². The summed E-state index contributed by atoms with van der Waals surface area (Å²) in [5, 5.41) is 8.81. The van der Waals surface area contributed by atoms with Gasteiger partial charge in [0.1, 0.15) is 5.82 Å². The summed E-state index contributed by atoms with van der Waals surface area (Å²) < 4.78 is 14.1. The summed E-state index contributed by atoms with van der Waals surface area (Å²) in [6.45, 7) is 8.34. The van der Waals surface area contributed by atoms with E-state index in [0.717, 1.165) is 6.42 Å². The van der Waals surface area contributed by atoms with Crippen molar-refractivity contribution in [3.05, 3.63) is 29.6 Å². The Balaban J connectivity index is 2.11. The maximum atomic E-state index is 14.1. The largest absolute Gasteiger partial charge is 0.367 e. The fourth-order valence-corrected chi connectivity index (χ4v) is 2.67. The van der Waals surface area contributed by atoms with Gasteiger partial charge in [-0.25, -0.2) is 4.39 Å². The molecule has 1 fully saturated rings. The average molecular weight is 303 g/mol. The van der Waals surface area contributed by atoms with E-state index in [1.165, 1.54) is 6.07 Å². The number of carbonyl (C=O) groups is 1. The van der Waals surface area contributed by atoms with Crippen LogP contribution in [0.3, 0.4) is 0 Å². The SMILES string of the molecule is CC(C)(C)C(=O)N1CCCN(c2ccc(C#N)cc2F)CC1. The highest BCUT2D eigenvalue weighted by Gasteiger charge is 2.28. The van der Waals surface area contributed by atoms with E-state index < -0.39 is 5.41 Å². The molecule has 0 N–H and O–H groups in total. The van der Waals surface area contributed by atoms with Crippen molar-refractivity contribution < 1.29 is 9.18 Å². The van der Waals surface area contributed by atoms with Gasteiger partial charge in [0.2, 0.25) is 5.91 Å². The normalized spacial score (nSPS) is 16.1. The molecule has 5 heteroatoms. The number of amides is 1. The molecular formula is C17H22FN3O.